The molecule has 1 aromatic heterocycles. The topological polar surface area (TPSA) is 17.8 Å². The van der Waals surface area contributed by atoms with Gasteiger partial charge in [0, 0.05) is 17.1 Å². The highest BCUT2D eigenvalue weighted by Crippen LogP contribution is 2.32. The number of halogens is 3. The summed E-state index contributed by atoms with van der Waals surface area (Å²) >= 11 is 12.4. The molecule has 3 aromatic rings. The highest BCUT2D eigenvalue weighted by atomic mass is 35.5. The van der Waals surface area contributed by atoms with Crippen molar-refractivity contribution in [2.45, 2.75) is 26.3 Å². The maximum atomic E-state index is 13.2. The number of hydrogen-bond acceptors (Lipinski definition) is 1. The van der Waals surface area contributed by atoms with Crippen molar-refractivity contribution in [3.8, 4) is 11.4 Å². The van der Waals surface area contributed by atoms with Gasteiger partial charge in [0.25, 0.3) is 0 Å². The van der Waals surface area contributed by atoms with E-state index in [9.17, 15) is 4.39 Å². The SMILES string of the molecule is CCCCn1c(-c2ccc(F)cc2)nc2cc(Cl)cc(Cl)c21. The minimum atomic E-state index is -0.263. The monoisotopic (exact) mass is 336 g/mol. The van der Waals surface area contributed by atoms with Gasteiger partial charge in [0.15, 0.2) is 0 Å². The van der Waals surface area contributed by atoms with Crippen LogP contribution < -0.4 is 0 Å². The quantitative estimate of drug-likeness (QED) is 0.575. The first-order valence-corrected chi connectivity index (χ1v) is 7.97. The van der Waals surface area contributed by atoms with Gasteiger partial charge in [0.2, 0.25) is 0 Å². The van der Waals surface area contributed by atoms with Gasteiger partial charge >= 0.3 is 0 Å². The van der Waals surface area contributed by atoms with E-state index in [-0.39, 0.29) is 5.82 Å². The molecule has 2 aromatic carbocycles. The maximum absolute atomic E-state index is 13.2. The maximum Gasteiger partial charge on any atom is 0.141 e. The summed E-state index contributed by atoms with van der Waals surface area (Å²) < 4.78 is 15.2. The molecule has 0 amide bonds. The fraction of sp³-hybridized carbons (Fsp3) is 0.235. The minimum Gasteiger partial charge on any atom is -0.323 e. The van der Waals surface area contributed by atoms with Crippen LogP contribution in [0.3, 0.4) is 0 Å². The van der Waals surface area contributed by atoms with Crippen LogP contribution in [0.1, 0.15) is 19.8 Å². The van der Waals surface area contributed by atoms with Crippen molar-refractivity contribution in [1.82, 2.24) is 9.55 Å². The van der Waals surface area contributed by atoms with E-state index in [1.54, 1.807) is 24.3 Å². The van der Waals surface area contributed by atoms with Gasteiger partial charge in [-0.15, -0.1) is 0 Å². The number of nitrogens with zero attached hydrogens (tertiary/aromatic N) is 2. The Hall–Kier alpha value is -1.58. The van der Waals surface area contributed by atoms with Crippen molar-refractivity contribution in [3.05, 3.63) is 52.3 Å². The lowest BCUT2D eigenvalue weighted by Crippen LogP contribution is -2.01. The second-order valence-corrected chi connectivity index (χ2v) is 6.05. The van der Waals surface area contributed by atoms with Gasteiger partial charge in [-0.25, -0.2) is 9.37 Å². The number of hydrogen-bond donors (Lipinski definition) is 0. The van der Waals surface area contributed by atoms with Gasteiger partial charge in [-0.1, -0.05) is 36.5 Å². The molecule has 0 radical (unpaired) electrons. The van der Waals surface area contributed by atoms with Crippen molar-refractivity contribution in [3.63, 3.8) is 0 Å². The van der Waals surface area contributed by atoms with Crippen molar-refractivity contribution < 1.29 is 4.39 Å². The largest absolute Gasteiger partial charge is 0.323 e. The van der Waals surface area contributed by atoms with Gasteiger partial charge in [0.1, 0.15) is 11.6 Å². The fourth-order valence-electron chi connectivity index (χ4n) is 2.54. The molecular weight excluding hydrogens is 322 g/mol. The molecule has 2 nitrogen and oxygen atoms in total. The third-order valence-corrected chi connectivity index (χ3v) is 4.10. The predicted molar refractivity (Wildman–Crippen MR) is 90.1 cm³/mol. The first kappa shape index (κ1) is 15.3. The third-order valence-electron chi connectivity index (χ3n) is 3.60. The van der Waals surface area contributed by atoms with Crippen LogP contribution in [0.15, 0.2) is 36.4 Å². The zero-order valence-corrected chi connectivity index (χ0v) is 13.6. The van der Waals surface area contributed by atoms with E-state index < -0.39 is 0 Å². The van der Waals surface area contributed by atoms with Crippen LogP contribution in [0.25, 0.3) is 22.4 Å². The van der Waals surface area contributed by atoms with Crippen LogP contribution in [-0.4, -0.2) is 9.55 Å². The van der Waals surface area contributed by atoms with Gasteiger partial charge in [-0.05, 0) is 42.8 Å². The average molecular weight is 337 g/mol. The minimum absolute atomic E-state index is 0.263. The number of imidazole rings is 1. The molecule has 0 bridgehead atoms. The molecule has 0 aliphatic carbocycles. The zero-order chi connectivity index (χ0) is 15.7. The molecule has 0 atom stereocenters. The Morgan fingerprint density at radius 1 is 1.14 bits per heavy atom. The van der Waals surface area contributed by atoms with E-state index in [2.05, 4.69) is 16.5 Å². The molecule has 3 rings (SSSR count). The van der Waals surface area contributed by atoms with E-state index in [4.69, 9.17) is 23.2 Å². The number of aromatic nitrogens is 2. The molecule has 1 heterocycles. The first-order chi connectivity index (χ1) is 10.6. The molecule has 0 aliphatic heterocycles. The molecule has 114 valence electrons. The Morgan fingerprint density at radius 2 is 1.86 bits per heavy atom. The Kier molecular flexibility index (Phi) is 4.37. The fourth-order valence-corrected chi connectivity index (χ4v) is 3.12. The summed E-state index contributed by atoms with van der Waals surface area (Å²) in [4.78, 5) is 4.66. The van der Waals surface area contributed by atoms with Crippen LogP contribution in [0.4, 0.5) is 4.39 Å². The van der Waals surface area contributed by atoms with Crippen LogP contribution >= 0.6 is 23.2 Å². The van der Waals surface area contributed by atoms with Crippen molar-refractivity contribution in [2.75, 3.05) is 0 Å². The summed E-state index contributed by atoms with van der Waals surface area (Å²) in [6.07, 6.45) is 2.08. The normalized spacial score (nSPS) is 11.3. The predicted octanol–water partition coefficient (Wildman–Crippen LogP) is 5.95. The van der Waals surface area contributed by atoms with Crippen LogP contribution in [0, 0.1) is 5.82 Å². The molecule has 0 N–H and O–H groups in total. The van der Waals surface area contributed by atoms with E-state index in [0.29, 0.717) is 10.0 Å². The van der Waals surface area contributed by atoms with Gasteiger partial charge in [-0.3, -0.25) is 0 Å². The van der Waals surface area contributed by atoms with E-state index >= 15 is 0 Å². The average Bonchev–Trinajstić information content (AvgIpc) is 2.84. The van der Waals surface area contributed by atoms with Gasteiger partial charge in [0.05, 0.1) is 16.1 Å². The molecule has 0 saturated heterocycles. The second-order valence-electron chi connectivity index (χ2n) is 5.20. The Bertz CT molecular complexity index is 810. The van der Waals surface area contributed by atoms with Gasteiger partial charge in [-0.2, -0.15) is 0 Å². The highest BCUT2D eigenvalue weighted by molar-refractivity contribution is 6.38. The van der Waals surface area contributed by atoms with Crippen molar-refractivity contribution in [2.24, 2.45) is 0 Å². The van der Waals surface area contributed by atoms with E-state index in [1.807, 2.05) is 0 Å². The summed E-state index contributed by atoms with van der Waals surface area (Å²) in [5.74, 6) is 0.522. The molecule has 0 unspecified atom stereocenters. The Morgan fingerprint density at radius 3 is 2.55 bits per heavy atom. The van der Waals surface area contributed by atoms with E-state index in [1.165, 1.54) is 12.1 Å². The summed E-state index contributed by atoms with van der Waals surface area (Å²) in [7, 11) is 0. The standard InChI is InChI=1S/C17H15Cl2FN2/c1-2-3-8-22-16-14(19)9-12(18)10-15(16)21-17(22)11-4-6-13(20)7-5-11/h4-7,9-10H,2-3,8H2,1H3. The number of aryl methyl sites for hydroxylation is 1. The molecule has 0 spiro atoms. The smallest absolute Gasteiger partial charge is 0.141 e. The summed E-state index contributed by atoms with van der Waals surface area (Å²) in [6.45, 7) is 2.94. The number of rotatable bonds is 4. The molecule has 0 aliphatic rings. The molecule has 0 saturated carbocycles. The van der Waals surface area contributed by atoms with Crippen molar-refractivity contribution in [1.29, 1.82) is 0 Å². The lowest BCUT2D eigenvalue weighted by molar-refractivity contribution is 0.627. The van der Waals surface area contributed by atoms with Crippen LogP contribution in [0.2, 0.25) is 10.0 Å². The van der Waals surface area contributed by atoms with Crippen LogP contribution in [0.5, 0.6) is 0 Å². The van der Waals surface area contributed by atoms with Gasteiger partial charge < -0.3 is 4.57 Å². The van der Waals surface area contributed by atoms with Crippen LogP contribution in [-0.2, 0) is 6.54 Å². The molecule has 0 fully saturated rings. The number of benzene rings is 2. The van der Waals surface area contributed by atoms with Crippen molar-refractivity contribution >= 4 is 34.2 Å². The highest BCUT2D eigenvalue weighted by Gasteiger charge is 2.15. The summed E-state index contributed by atoms with van der Waals surface area (Å²) in [5, 5.41) is 1.14. The number of unbranched alkanes of at least 4 members (excludes halogenated alkanes) is 1. The molecule has 5 heteroatoms. The lowest BCUT2D eigenvalue weighted by atomic mass is 10.2. The third kappa shape index (κ3) is 2.83. The molecule has 22 heavy (non-hydrogen) atoms. The summed E-state index contributed by atoms with van der Waals surface area (Å²) in [6, 6.07) is 9.87. The Balaban J connectivity index is 2.23. The second kappa shape index (κ2) is 6.27. The Labute approximate surface area is 138 Å². The lowest BCUT2D eigenvalue weighted by Gasteiger charge is -2.09. The van der Waals surface area contributed by atoms with E-state index in [0.717, 1.165) is 41.8 Å². The number of fused-ring (bicyclic) bond motifs is 1. The molecular formula is C17H15Cl2FN2. The zero-order valence-electron chi connectivity index (χ0n) is 12.1. The first-order valence-electron chi connectivity index (χ1n) is 7.21. The summed E-state index contributed by atoms with van der Waals surface area (Å²) in [5.41, 5.74) is 2.49.